The molecule has 0 radical (unpaired) electrons. The number of piperidine rings is 1. The third kappa shape index (κ3) is 7.87. The summed E-state index contributed by atoms with van der Waals surface area (Å²) in [5, 5.41) is 14.9. The van der Waals surface area contributed by atoms with Gasteiger partial charge in [0.1, 0.15) is 29.4 Å². The zero-order chi connectivity index (χ0) is 39.8. The van der Waals surface area contributed by atoms with Crippen molar-refractivity contribution < 1.29 is 28.5 Å². The highest BCUT2D eigenvalue weighted by Gasteiger charge is 2.44. The number of pyridine rings is 2. The van der Waals surface area contributed by atoms with E-state index in [1.807, 2.05) is 43.5 Å². The molecule has 2 saturated heterocycles. The first kappa shape index (κ1) is 38.6. The van der Waals surface area contributed by atoms with E-state index >= 15 is 0 Å². The van der Waals surface area contributed by atoms with Gasteiger partial charge in [-0.25, -0.2) is 4.98 Å². The van der Waals surface area contributed by atoms with Crippen molar-refractivity contribution in [2.75, 3.05) is 48.7 Å². The van der Waals surface area contributed by atoms with Crippen molar-refractivity contribution in [1.29, 1.82) is 0 Å². The molecule has 5 aromatic rings. The van der Waals surface area contributed by atoms with Gasteiger partial charge in [-0.3, -0.25) is 39.5 Å². The summed E-state index contributed by atoms with van der Waals surface area (Å²) >= 11 is 11.8. The van der Waals surface area contributed by atoms with Crippen LogP contribution in [0.4, 0.5) is 11.5 Å². The summed E-state index contributed by atoms with van der Waals surface area (Å²) in [4.78, 5) is 62.0. The van der Waals surface area contributed by atoms with E-state index in [2.05, 4.69) is 35.0 Å². The number of piperazine rings is 1. The normalized spacial score (nSPS) is 18.5. The van der Waals surface area contributed by atoms with Gasteiger partial charge in [0.15, 0.2) is 5.75 Å². The van der Waals surface area contributed by atoms with E-state index in [9.17, 15) is 23.7 Å². The molecule has 2 aromatic carbocycles. The Labute approximate surface area is 340 Å². The zero-order valence-corrected chi connectivity index (χ0v) is 33.0. The summed E-state index contributed by atoms with van der Waals surface area (Å²) in [6.07, 6.45) is 5.35. The molecule has 3 aromatic heterocycles. The maximum Gasteiger partial charge on any atom is 0.262 e. The number of rotatable bonds is 12. The second kappa shape index (κ2) is 16.3. The molecule has 8 rings (SSSR count). The lowest BCUT2D eigenvalue weighted by molar-refractivity contribution is -0.136. The van der Waals surface area contributed by atoms with Gasteiger partial charge in [0, 0.05) is 73.3 Å². The van der Waals surface area contributed by atoms with Crippen molar-refractivity contribution in [1.82, 2.24) is 34.7 Å². The third-order valence-corrected chi connectivity index (χ3v) is 12.5. The van der Waals surface area contributed by atoms with Crippen molar-refractivity contribution in [3.05, 3.63) is 93.9 Å². The molecule has 3 aliphatic rings. The predicted octanol–water partition coefficient (Wildman–Crippen LogP) is 5.50. The van der Waals surface area contributed by atoms with Gasteiger partial charge in [0.25, 0.3) is 11.8 Å². The number of ether oxygens (including phenoxy) is 1. The lowest BCUT2D eigenvalue weighted by Crippen LogP contribution is -2.54. The molecule has 18 heteroatoms. The number of hydrogen-bond acceptors (Lipinski definition) is 12. The van der Waals surface area contributed by atoms with Crippen molar-refractivity contribution >= 4 is 80.6 Å². The summed E-state index contributed by atoms with van der Waals surface area (Å²) in [6, 6.07) is 13.6. The minimum atomic E-state index is -1.01. The van der Waals surface area contributed by atoms with Crippen LogP contribution in [0.2, 0.25) is 10.0 Å². The molecule has 2 fully saturated rings. The van der Waals surface area contributed by atoms with Crippen LogP contribution in [0.5, 0.6) is 5.75 Å². The number of fused-ring (bicyclic) bond motifs is 2. The third-order valence-electron chi connectivity index (χ3n) is 10.3. The number of halogens is 2. The highest BCUT2D eigenvalue weighted by Crippen LogP contribution is 2.35. The summed E-state index contributed by atoms with van der Waals surface area (Å²) in [7, 11) is 0. The Hall–Kier alpha value is -5.26. The van der Waals surface area contributed by atoms with Crippen LogP contribution < -0.4 is 20.3 Å². The Balaban J connectivity index is 0.809. The number of benzene rings is 2. The number of carbonyl (C=O) groups is 4. The SMILES string of the molecule is C[C@@H](Oc1ccc2[nH]nc(-c3ccc(N4CCN([S+](O)CCCNc5ccc6c(c5)C(=O)N(C5CCC(=O)NC5=O)C6=O)CC4)nc3)c2c1)c1c(Cl)cncc1Cl. The van der Waals surface area contributed by atoms with Crippen LogP contribution in [0.25, 0.3) is 22.2 Å². The van der Waals surface area contributed by atoms with E-state index in [0.29, 0.717) is 71.9 Å². The second-order valence-electron chi connectivity index (χ2n) is 13.9. The van der Waals surface area contributed by atoms with Crippen molar-refractivity contribution in [3.63, 3.8) is 0 Å². The lowest BCUT2D eigenvalue weighted by Gasteiger charge is -2.32. The van der Waals surface area contributed by atoms with Crippen LogP contribution in [0.3, 0.4) is 0 Å². The van der Waals surface area contributed by atoms with Crippen LogP contribution in [0, 0.1) is 0 Å². The van der Waals surface area contributed by atoms with Gasteiger partial charge in [0.05, 0.1) is 39.8 Å². The van der Waals surface area contributed by atoms with Crippen LogP contribution >= 0.6 is 23.2 Å². The predicted molar refractivity (Wildman–Crippen MR) is 217 cm³/mol. The number of H-pyrrole nitrogens is 1. The van der Waals surface area contributed by atoms with E-state index in [-0.39, 0.29) is 24.0 Å². The van der Waals surface area contributed by atoms with E-state index in [4.69, 9.17) is 32.9 Å². The molecule has 294 valence electrons. The standard InChI is InChI=1S/C39H37Cl2N9O6S/c1-22(35-29(40)20-42-21-30(35)41)56-25-5-7-31-28(18-25)36(47-46-31)23-3-9-33(44-19-23)48-12-14-49(15-13-48)57(55)16-2-11-43-24-4-6-26-27(17-24)39(54)50(38(26)53)32-8-10-34(51)45-37(32)52/h3-7,9,17-22,32,55H,2,8,10-16H2,1H3,(H2-,43,45,46,47,51,52,53)/p+1/t22-,32?,57?/m1/s1. The summed E-state index contributed by atoms with van der Waals surface area (Å²) in [6.45, 7) is 5.22. The molecule has 6 heterocycles. The van der Waals surface area contributed by atoms with Crippen molar-refractivity contribution in [2.24, 2.45) is 0 Å². The average Bonchev–Trinajstić information content (AvgIpc) is 3.73. The lowest BCUT2D eigenvalue weighted by atomic mass is 10.0. The summed E-state index contributed by atoms with van der Waals surface area (Å²) in [5.41, 5.74) is 4.25. The molecule has 0 aliphatic carbocycles. The number of carbonyl (C=O) groups excluding carboxylic acids is 4. The highest BCUT2D eigenvalue weighted by molar-refractivity contribution is 7.89. The number of aromatic nitrogens is 4. The van der Waals surface area contributed by atoms with Crippen LogP contribution in [-0.4, -0.2) is 102 Å². The summed E-state index contributed by atoms with van der Waals surface area (Å²) in [5.74, 6) is -0.0873. The molecule has 57 heavy (non-hydrogen) atoms. The molecule has 15 nitrogen and oxygen atoms in total. The second-order valence-corrected chi connectivity index (χ2v) is 16.3. The van der Waals surface area contributed by atoms with Crippen molar-refractivity contribution in [2.45, 2.75) is 38.3 Å². The fourth-order valence-corrected chi connectivity index (χ4v) is 9.26. The molecular formula is C39H38Cl2N9O6S+. The van der Waals surface area contributed by atoms with Gasteiger partial charge in [-0.15, -0.1) is 0 Å². The van der Waals surface area contributed by atoms with Gasteiger partial charge in [-0.05, 0) is 61.9 Å². The average molecular weight is 832 g/mol. The van der Waals surface area contributed by atoms with E-state index in [0.717, 1.165) is 32.9 Å². The van der Waals surface area contributed by atoms with E-state index in [1.54, 1.807) is 30.6 Å². The Bertz CT molecular complexity index is 2350. The number of amides is 4. The fourth-order valence-electron chi connectivity index (χ4n) is 7.34. The first-order valence-electron chi connectivity index (χ1n) is 18.5. The molecule has 2 unspecified atom stereocenters. The van der Waals surface area contributed by atoms with Crippen molar-refractivity contribution in [3.8, 4) is 17.0 Å². The number of imide groups is 2. The van der Waals surface area contributed by atoms with Gasteiger partial charge >= 0.3 is 0 Å². The van der Waals surface area contributed by atoms with Gasteiger partial charge < -0.3 is 15.0 Å². The van der Waals surface area contributed by atoms with Gasteiger partial charge in [-0.1, -0.05) is 27.5 Å². The molecule has 0 saturated carbocycles. The minimum absolute atomic E-state index is 0.0665. The van der Waals surface area contributed by atoms with Gasteiger partial charge in [0.2, 0.25) is 23.2 Å². The van der Waals surface area contributed by atoms with Crippen LogP contribution in [0.1, 0.15) is 58.6 Å². The maximum atomic E-state index is 13.1. The first-order valence-corrected chi connectivity index (χ1v) is 20.5. The van der Waals surface area contributed by atoms with E-state index < -0.39 is 47.1 Å². The van der Waals surface area contributed by atoms with E-state index in [1.165, 1.54) is 0 Å². The number of hydrogen-bond donors (Lipinski definition) is 4. The summed E-state index contributed by atoms with van der Waals surface area (Å²) < 4.78 is 19.3. The van der Waals surface area contributed by atoms with Gasteiger partial charge in [-0.2, -0.15) is 9.65 Å². The Morgan fingerprint density at radius 3 is 2.47 bits per heavy atom. The first-order chi connectivity index (χ1) is 27.5. The Morgan fingerprint density at radius 1 is 0.965 bits per heavy atom. The Morgan fingerprint density at radius 2 is 1.74 bits per heavy atom. The molecule has 3 aliphatic heterocycles. The molecule has 4 amide bonds. The molecule has 0 bridgehead atoms. The molecular weight excluding hydrogens is 793 g/mol. The fraction of sp³-hybridized carbons (Fsp3) is 0.308. The minimum Gasteiger partial charge on any atom is -0.486 e. The number of anilines is 2. The monoisotopic (exact) mass is 830 g/mol. The largest absolute Gasteiger partial charge is 0.486 e. The number of nitrogens with one attached hydrogen (secondary N) is 3. The smallest absolute Gasteiger partial charge is 0.262 e. The topological polar surface area (TPSA) is 186 Å². The van der Waals surface area contributed by atoms with Crippen LogP contribution in [-0.2, 0) is 21.0 Å². The molecule has 0 spiro atoms. The van der Waals surface area contributed by atoms with Crippen LogP contribution in [0.15, 0.2) is 67.1 Å². The zero-order valence-electron chi connectivity index (χ0n) is 30.7. The number of nitrogens with zero attached hydrogens (tertiary/aromatic N) is 6. The highest BCUT2D eigenvalue weighted by atomic mass is 35.5. The number of aromatic amines is 1. The molecule has 3 atom stereocenters. The quantitative estimate of drug-likeness (QED) is 0.0705. The Kier molecular flexibility index (Phi) is 11.0. The maximum absolute atomic E-state index is 13.1. The molecule has 4 N–H and O–H groups in total.